The molecule has 0 fully saturated rings. The number of nitrogens with one attached hydrogen (secondary N) is 1. The number of halogens is 1. The zero-order valence-corrected chi connectivity index (χ0v) is 14.1. The lowest BCUT2D eigenvalue weighted by Crippen LogP contribution is -2.25. The van der Waals surface area contributed by atoms with Gasteiger partial charge in [0.15, 0.2) is 0 Å². The van der Waals surface area contributed by atoms with Gasteiger partial charge < -0.3 is 9.90 Å². The van der Waals surface area contributed by atoms with E-state index in [0.29, 0.717) is 17.0 Å². The van der Waals surface area contributed by atoms with Gasteiger partial charge in [-0.1, -0.05) is 54.1 Å². The number of carboxylic acids is 1. The minimum absolute atomic E-state index is 0.0488. The molecule has 0 saturated carbocycles. The van der Waals surface area contributed by atoms with Crippen molar-refractivity contribution < 1.29 is 14.3 Å². The number of carboxylic acid groups (broad SMARTS) is 1. The molecule has 0 saturated heterocycles. The number of benzene rings is 3. The molecule has 4 nitrogen and oxygen atoms in total. The predicted octanol–water partition coefficient (Wildman–Crippen LogP) is 3.36. The average Bonchev–Trinajstić information content (AvgIpc) is 2.65. The van der Waals surface area contributed by atoms with Gasteiger partial charge >= 0.3 is 0 Å². The Hall–Kier alpha value is -3.47. The third kappa shape index (κ3) is 3.95. The van der Waals surface area contributed by atoms with Gasteiger partial charge in [-0.05, 0) is 31.2 Å². The van der Waals surface area contributed by atoms with Crippen molar-refractivity contribution in [3.8, 4) is 0 Å². The molecule has 1 N–H and O–H groups in total. The Morgan fingerprint density at radius 3 is 2.15 bits per heavy atom. The Morgan fingerprint density at radius 1 is 0.923 bits per heavy atom. The Bertz CT molecular complexity index is 949. The Kier molecular flexibility index (Phi) is 5.08. The zero-order valence-electron chi connectivity index (χ0n) is 14.1. The summed E-state index contributed by atoms with van der Waals surface area (Å²) < 4.78 is 13.1. The van der Waals surface area contributed by atoms with E-state index in [1.165, 1.54) is 18.2 Å². The number of hydrogen-bond donors (Lipinski definition) is 1. The maximum Gasteiger partial charge on any atom is 0.123 e. The highest BCUT2D eigenvalue weighted by molar-refractivity contribution is 6.17. The second-order valence-electron chi connectivity index (χ2n) is 5.78. The van der Waals surface area contributed by atoms with Crippen LogP contribution in [0.25, 0.3) is 0 Å². The molecule has 0 radical (unpaired) electrons. The van der Waals surface area contributed by atoms with E-state index in [1.807, 2.05) is 31.2 Å². The minimum atomic E-state index is -1.28. The summed E-state index contributed by atoms with van der Waals surface area (Å²) in [4.78, 5) is 11.5. The van der Waals surface area contributed by atoms with Gasteiger partial charge in [-0.25, -0.2) is 4.39 Å². The van der Waals surface area contributed by atoms with Crippen molar-refractivity contribution >= 4 is 17.4 Å². The fraction of sp³-hybridized carbons (Fsp3) is 0.0476. The highest BCUT2D eigenvalue weighted by Crippen LogP contribution is 2.17. The number of aryl methyl sites for hydroxylation is 1. The third-order valence-corrected chi connectivity index (χ3v) is 3.87. The van der Waals surface area contributed by atoms with Crippen LogP contribution in [0, 0.1) is 12.7 Å². The van der Waals surface area contributed by atoms with Crippen LogP contribution in [0.3, 0.4) is 0 Å². The van der Waals surface area contributed by atoms with E-state index in [2.05, 4.69) is 10.5 Å². The Labute approximate surface area is 150 Å². The Morgan fingerprint density at radius 2 is 1.54 bits per heavy atom. The number of hydrazone groups is 1. The van der Waals surface area contributed by atoms with Gasteiger partial charge in [0.25, 0.3) is 0 Å². The van der Waals surface area contributed by atoms with Gasteiger partial charge in [0, 0.05) is 16.7 Å². The number of carbonyl (C=O) groups excluding carboxylic acids is 1. The summed E-state index contributed by atoms with van der Waals surface area (Å²) in [6.07, 6.45) is 0. The van der Waals surface area contributed by atoms with Crippen molar-refractivity contribution in [2.45, 2.75) is 6.92 Å². The first-order valence-electron chi connectivity index (χ1n) is 8.01. The van der Waals surface area contributed by atoms with Crippen molar-refractivity contribution in [3.63, 3.8) is 0 Å². The molecule has 130 valence electrons. The molecule has 3 aromatic rings. The van der Waals surface area contributed by atoms with Crippen LogP contribution >= 0.6 is 0 Å². The van der Waals surface area contributed by atoms with Crippen LogP contribution in [0.5, 0.6) is 0 Å². The molecule has 0 aliphatic carbocycles. The summed E-state index contributed by atoms with van der Waals surface area (Å²) in [6.45, 7) is 1.96. The monoisotopic (exact) mass is 347 g/mol. The van der Waals surface area contributed by atoms with Crippen molar-refractivity contribution in [2.24, 2.45) is 5.10 Å². The van der Waals surface area contributed by atoms with Gasteiger partial charge in [-0.15, -0.1) is 0 Å². The summed E-state index contributed by atoms with van der Waals surface area (Å²) in [6, 6.07) is 19.8. The maximum absolute atomic E-state index is 13.1. The van der Waals surface area contributed by atoms with Crippen LogP contribution in [0.2, 0.25) is 0 Å². The second-order valence-corrected chi connectivity index (χ2v) is 5.78. The van der Waals surface area contributed by atoms with Crippen LogP contribution in [0.15, 0.2) is 77.9 Å². The van der Waals surface area contributed by atoms with Gasteiger partial charge in [-0.3, -0.25) is 5.43 Å². The van der Waals surface area contributed by atoms with Gasteiger partial charge in [0.05, 0.1) is 17.4 Å². The molecule has 3 aromatic carbocycles. The first kappa shape index (κ1) is 17.4. The van der Waals surface area contributed by atoms with E-state index in [-0.39, 0.29) is 11.4 Å². The third-order valence-electron chi connectivity index (χ3n) is 3.87. The predicted molar refractivity (Wildman–Crippen MR) is 97.6 cm³/mol. The lowest BCUT2D eigenvalue weighted by atomic mass is 9.97. The molecule has 0 aliphatic rings. The number of nitrogens with zero attached hydrogens (tertiary/aromatic N) is 1. The molecule has 0 bridgehead atoms. The highest BCUT2D eigenvalue weighted by Gasteiger charge is 2.12. The maximum atomic E-state index is 13.1. The number of aromatic carboxylic acids is 1. The number of hydrogen-bond acceptors (Lipinski definition) is 4. The molecule has 5 heteroatoms. The first-order chi connectivity index (χ1) is 12.5. The largest absolute Gasteiger partial charge is 0.545 e. The number of rotatable bonds is 5. The fourth-order valence-electron chi connectivity index (χ4n) is 2.50. The first-order valence-corrected chi connectivity index (χ1v) is 8.01. The molecule has 26 heavy (non-hydrogen) atoms. The number of carbonyl (C=O) groups is 1. The molecule has 3 rings (SSSR count). The SMILES string of the molecule is Cc1ccc(/C(=N\Nc2ccc(F)cc2)c2ccccc2C(=O)[O-])cc1. The van der Waals surface area contributed by atoms with Crippen LogP contribution in [-0.2, 0) is 0 Å². The van der Waals surface area contributed by atoms with Crippen LogP contribution < -0.4 is 10.5 Å². The zero-order chi connectivity index (χ0) is 18.5. The van der Waals surface area contributed by atoms with E-state index >= 15 is 0 Å². The molecule has 0 aromatic heterocycles. The van der Waals surface area contributed by atoms with E-state index in [4.69, 9.17) is 0 Å². The molecular formula is C21H16FN2O2-. The minimum Gasteiger partial charge on any atom is -0.545 e. The highest BCUT2D eigenvalue weighted by atomic mass is 19.1. The fourth-order valence-corrected chi connectivity index (χ4v) is 2.50. The normalized spacial score (nSPS) is 11.2. The molecular weight excluding hydrogens is 331 g/mol. The van der Waals surface area contributed by atoms with Crippen LogP contribution in [0.1, 0.15) is 27.0 Å². The molecule has 0 atom stereocenters. The summed E-state index contributed by atoms with van der Waals surface area (Å²) in [7, 11) is 0. The smallest absolute Gasteiger partial charge is 0.123 e. The summed E-state index contributed by atoms with van der Waals surface area (Å²) in [5.74, 6) is -1.62. The number of anilines is 1. The molecule has 0 spiro atoms. The summed E-state index contributed by atoms with van der Waals surface area (Å²) in [5, 5.41) is 15.9. The van der Waals surface area contributed by atoms with Crippen molar-refractivity contribution in [1.29, 1.82) is 0 Å². The van der Waals surface area contributed by atoms with E-state index in [9.17, 15) is 14.3 Å². The lowest BCUT2D eigenvalue weighted by Gasteiger charge is -2.14. The molecule has 0 aliphatic heterocycles. The van der Waals surface area contributed by atoms with Crippen molar-refractivity contribution in [2.75, 3.05) is 5.43 Å². The van der Waals surface area contributed by atoms with Gasteiger partial charge in [0.1, 0.15) is 5.82 Å². The topological polar surface area (TPSA) is 64.5 Å². The molecule has 0 unspecified atom stereocenters. The van der Waals surface area contributed by atoms with Crippen LogP contribution in [0.4, 0.5) is 10.1 Å². The van der Waals surface area contributed by atoms with E-state index in [1.54, 1.807) is 30.3 Å². The Balaban J connectivity index is 2.07. The van der Waals surface area contributed by atoms with Gasteiger partial charge in [0.2, 0.25) is 0 Å². The van der Waals surface area contributed by atoms with Crippen molar-refractivity contribution in [1.82, 2.24) is 0 Å². The van der Waals surface area contributed by atoms with E-state index < -0.39 is 5.97 Å². The quantitative estimate of drug-likeness (QED) is 0.568. The lowest BCUT2D eigenvalue weighted by molar-refractivity contribution is -0.255. The second kappa shape index (κ2) is 7.61. The summed E-state index contributed by atoms with van der Waals surface area (Å²) >= 11 is 0. The van der Waals surface area contributed by atoms with Crippen LogP contribution in [-0.4, -0.2) is 11.7 Å². The average molecular weight is 347 g/mol. The molecule has 0 heterocycles. The molecule has 0 amide bonds. The van der Waals surface area contributed by atoms with Crippen molar-refractivity contribution in [3.05, 3.63) is 101 Å². The van der Waals surface area contributed by atoms with Gasteiger partial charge in [-0.2, -0.15) is 5.10 Å². The summed E-state index contributed by atoms with van der Waals surface area (Å²) in [5.41, 5.74) is 6.21. The standard InChI is InChI=1S/C21H17FN2O2/c1-14-6-8-15(9-7-14)20(18-4-2-3-5-19(18)21(25)26)24-23-17-12-10-16(22)11-13-17/h2-13,23H,1H3,(H,25,26)/p-1/b24-20+. The van der Waals surface area contributed by atoms with E-state index in [0.717, 1.165) is 11.1 Å².